The highest BCUT2D eigenvalue weighted by Crippen LogP contribution is 2.24. The average Bonchev–Trinajstić information content (AvgIpc) is 3.40. The first kappa shape index (κ1) is 23.0. The monoisotopic (exact) mass is 551 g/mol. The van der Waals surface area contributed by atoms with E-state index in [4.69, 9.17) is 11.6 Å². The van der Waals surface area contributed by atoms with Crippen molar-refractivity contribution in [3.63, 3.8) is 0 Å². The molecule has 2 aromatic carbocycles. The first-order valence-electron chi connectivity index (χ1n) is 10.6. The van der Waals surface area contributed by atoms with E-state index in [1.807, 2.05) is 32.0 Å². The second kappa shape index (κ2) is 8.79. The van der Waals surface area contributed by atoms with Crippen molar-refractivity contribution in [3.8, 4) is 11.6 Å². The molecule has 5 rings (SSSR count). The summed E-state index contributed by atoms with van der Waals surface area (Å²) in [4.78, 5) is 33.3. The molecule has 0 aliphatic rings. The van der Waals surface area contributed by atoms with Crippen LogP contribution < -0.4 is 10.9 Å². The highest BCUT2D eigenvalue weighted by Gasteiger charge is 2.19. The van der Waals surface area contributed by atoms with Crippen LogP contribution in [0.3, 0.4) is 0 Å². The Morgan fingerprint density at radius 2 is 1.91 bits per heavy atom. The number of benzene rings is 2. The third kappa shape index (κ3) is 4.15. The van der Waals surface area contributed by atoms with E-state index in [-0.39, 0.29) is 17.1 Å². The van der Waals surface area contributed by atoms with Crippen molar-refractivity contribution < 1.29 is 4.79 Å². The number of aryl methyl sites for hydroxylation is 2. The first-order chi connectivity index (χ1) is 16.7. The average molecular weight is 553 g/mol. The van der Waals surface area contributed by atoms with Gasteiger partial charge in [-0.2, -0.15) is 19.9 Å². The quantitative estimate of drug-likeness (QED) is 0.330. The number of anilines is 1. The number of rotatable bonds is 4. The van der Waals surface area contributed by atoms with Crippen molar-refractivity contribution >= 4 is 50.3 Å². The summed E-state index contributed by atoms with van der Waals surface area (Å²) in [5, 5.41) is 12.3. The largest absolute Gasteiger partial charge is 0.306 e. The maximum atomic E-state index is 13.0. The van der Waals surface area contributed by atoms with Crippen molar-refractivity contribution in [1.82, 2.24) is 29.5 Å². The molecular formula is C24H19BrClN7O2. The second-order valence-corrected chi connectivity index (χ2v) is 9.39. The summed E-state index contributed by atoms with van der Waals surface area (Å²) in [5.74, 6) is 0.0310. The lowest BCUT2D eigenvalue weighted by atomic mass is 10.1. The van der Waals surface area contributed by atoms with Gasteiger partial charge in [-0.15, -0.1) is 0 Å². The maximum absolute atomic E-state index is 13.0. The van der Waals surface area contributed by atoms with E-state index >= 15 is 0 Å². The first-order valence-corrected chi connectivity index (χ1v) is 11.8. The predicted molar refractivity (Wildman–Crippen MR) is 138 cm³/mol. The number of carbonyl (C=O) groups excluding carboxylic acids is 1. The summed E-state index contributed by atoms with van der Waals surface area (Å²) in [5.41, 5.74) is 3.84. The van der Waals surface area contributed by atoms with Crippen LogP contribution in [0.5, 0.6) is 0 Å². The molecule has 0 radical (unpaired) electrons. The summed E-state index contributed by atoms with van der Waals surface area (Å²) in [7, 11) is 0. The number of hydrogen-bond donors (Lipinski definition) is 2. The summed E-state index contributed by atoms with van der Waals surface area (Å²) in [6.07, 6.45) is 1.49. The van der Waals surface area contributed by atoms with Crippen molar-refractivity contribution in [3.05, 3.63) is 90.9 Å². The normalized spacial score (nSPS) is 11.2. The van der Waals surface area contributed by atoms with E-state index in [9.17, 15) is 9.59 Å². The zero-order valence-corrected chi connectivity index (χ0v) is 21.3. The molecule has 1 amide bonds. The molecule has 11 heteroatoms. The van der Waals surface area contributed by atoms with Gasteiger partial charge in [-0.1, -0.05) is 39.7 Å². The van der Waals surface area contributed by atoms with Crippen LogP contribution in [-0.2, 0) is 0 Å². The molecular weight excluding hydrogens is 534 g/mol. The number of hydrogen-bond acceptors (Lipinski definition) is 5. The molecule has 35 heavy (non-hydrogen) atoms. The van der Waals surface area contributed by atoms with Gasteiger partial charge in [-0.25, -0.2) is 4.68 Å². The van der Waals surface area contributed by atoms with Gasteiger partial charge in [0.2, 0.25) is 5.95 Å². The number of H-pyrrole nitrogens is 1. The fraction of sp³-hybridized carbons (Fsp3) is 0.125. The molecule has 0 unspecified atom stereocenters. The SMILES string of the molecule is Cc1cc(NC(=O)c2cc(Br)ccc2Cl)n(-c2nc3c(cnn3-c3cccc(C)c3C)c(=O)[nH]2)n1. The van der Waals surface area contributed by atoms with E-state index in [1.54, 1.807) is 35.9 Å². The highest BCUT2D eigenvalue weighted by molar-refractivity contribution is 9.10. The summed E-state index contributed by atoms with van der Waals surface area (Å²) < 4.78 is 3.72. The van der Waals surface area contributed by atoms with E-state index in [1.165, 1.54) is 10.9 Å². The Morgan fingerprint density at radius 1 is 1.11 bits per heavy atom. The number of nitrogens with zero attached hydrogens (tertiary/aromatic N) is 5. The Hall–Kier alpha value is -3.76. The Labute approximate surface area is 212 Å². The van der Waals surface area contributed by atoms with E-state index in [0.29, 0.717) is 32.0 Å². The Morgan fingerprint density at radius 3 is 2.71 bits per heavy atom. The minimum absolute atomic E-state index is 0.137. The van der Waals surface area contributed by atoms with Crippen LogP contribution in [0.2, 0.25) is 5.02 Å². The van der Waals surface area contributed by atoms with Gasteiger partial charge in [0.15, 0.2) is 5.65 Å². The van der Waals surface area contributed by atoms with Crippen molar-refractivity contribution in [2.45, 2.75) is 20.8 Å². The lowest BCUT2D eigenvalue weighted by Crippen LogP contribution is -2.19. The molecule has 0 aliphatic heterocycles. The Kier molecular flexibility index (Phi) is 5.78. The molecule has 0 fully saturated rings. The number of nitrogens with one attached hydrogen (secondary N) is 2. The molecule has 3 aromatic heterocycles. The van der Waals surface area contributed by atoms with Crippen molar-refractivity contribution in [1.29, 1.82) is 0 Å². The number of halogens is 2. The molecule has 0 atom stereocenters. The summed E-state index contributed by atoms with van der Waals surface area (Å²) in [6, 6.07) is 12.5. The lowest BCUT2D eigenvalue weighted by Gasteiger charge is -2.11. The van der Waals surface area contributed by atoms with Crippen LogP contribution in [0, 0.1) is 20.8 Å². The Bertz CT molecular complexity index is 1690. The predicted octanol–water partition coefficient (Wildman–Crippen LogP) is 4.89. The van der Waals surface area contributed by atoms with Gasteiger partial charge < -0.3 is 5.32 Å². The van der Waals surface area contributed by atoms with Gasteiger partial charge in [0.1, 0.15) is 11.2 Å². The van der Waals surface area contributed by atoms with Crippen LogP contribution >= 0.6 is 27.5 Å². The topological polar surface area (TPSA) is 110 Å². The molecule has 176 valence electrons. The van der Waals surface area contributed by atoms with Gasteiger partial charge in [0.05, 0.1) is 28.2 Å². The zero-order valence-electron chi connectivity index (χ0n) is 18.9. The number of aromatic nitrogens is 6. The molecule has 0 aliphatic carbocycles. The van der Waals surface area contributed by atoms with E-state index < -0.39 is 5.91 Å². The van der Waals surface area contributed by atoms with Crippen LogP contribution in [0.15, 0.2) is 57.9 Å². The molecule has 0 saturated heterocycles. The van der Waals surface area contributed by atoms with Crippen molar-refractivity contribution in [2.24, 2.45) is 0 Å². The van der Waals surface area contributed by atoms with E-state index in [0.717, 1.165) is 16.8 Å². The molecule has 0 bridgehead atoms. The smallest absolute Gasteiger partial charge is 0.263 e. The zero-order chi connectivity index (χ0) is 24.9. The number of fused-ring (bicyclic) bond motifs is 1. The highest BCUT2D eigenvalue weighted by atomic mass is 79.9. The third-order valence-electron chi connectivity index (χ3n) is 5.68. The van der Waals surface area contributed by atoms with Gasteiger partial charge in [-0.3, -0.25) is 14.6 Å². The van der Waals surface area contributed by atoms with Crippen LogP contribution in [-0.4, -0.2) is 35.4 Å². The number of amides is 1. The van der Waals surface area contributed by atoms with Crippen LogP contribution in [0.4, 0.5) is 5.82 Å². The van der Waals surface area contributed by atoms with Gasteiger partial charge in [0, 0.05) is 10.5 Å². The maximum Gasteiger partial charge on any atom is 0.263 e. The minimum Gasteiger partial charge on any atom is -0.306 e. The minimum atomic E-state index is -0.429. The Balaban J connectivity index is 1.61. The fourth-order valence-electron chi connectivity index (χ4n) is 3.75. The van der Waals surface area contributed by atoms with Crippen LogP contribution in [0.25, 0.3) is 22.7 Å². The fourth-order valence-corrected chi connectivity index (χ4v) is 4.32. The third-order valence-corrected chi connectivity index (χ3v) is 6.50. The van der Waals surface area contributed by atoms with Gasteiger partial charge >= 0.3 is 0 Å². The van der Waals surface area contributed by atoms with E-state index in [2.05, 4.69) is 41.4 Å². The van der Waals surface area contributed by atoms with Gasteiger partial charge in [0.25, 0.3) is 11.5 Å². The molecule has 2 N–H and O–H groups in total. The lowest BCUT2D eigenvalue weighted by molar-refractivity contribution is 0.102. The number of carbonyl (C=O) groups is 1. The van der Waals surface area contributed by atoms with Crippen molar-refractivity contribution in [2.75, 3.05) is 5.32 Å². The summed E-state index contributed by atoms with van der Waals surface area (Å²) >= 11 is 9.57. The molecule has 5 aromatic rings. The van der Waals surface area contributed by atoms with Gasteiger partial charge in [-0.05, 0) is 56.2 Å². The molecule has 9 nitrogen and oxygen atoms in total. The number of aromatic amines is 1. The van der Waals surface area contributed by atoms with Crippen LogP contribution in [0.1, 0.15) is 27.2 Å². The summed E-state index contributed by atoms with van der Waals surface area (Å²) in [6.45, 7) is 5.77. The molecule has 3 heterocycles. The second-order valence-electron chi connectivity index (χ2n) is 8.06. The molecule has 0 spiro atoms. The molecule has 0 saturated carbocycles. The standard InChI is InChI=1S/C24H19BrClN7O2/c1-12-5-4-6-19(14(12)3)32-21-17(11-27-32)23(35)30-24(29-21)33-20(9-13(2)31-33)28-22(34)16-10-15(25)7-8-18(16)26/h4-11H,1-3H3,(H,28,34)(H,29,30,35).